The summed E-state index contributed by atoms with van der Waals surface area (Å²) in [4.78, 5) is 25.8. The van der Waals surface area contributed by atoms with E-state index in [2.05, 4.69) is 18.3 Å². The van der Waals surface area contributed by atoms with Gasteiger partial charge in [0.1, 0.15) is 0 Å². The SMILES string of the molecule is CC(=O)Nc1ccc(C(=O)N2CC(C)Cc3ccccc32)cc1. The first-order valence-electron chi connectivity index (χ1n) is 7.82. The molecule has 2 aromatic carbocycles. The van der Waals surface area contributed by atoms with Gasteiger partial charge in [-0.25, -0.2) is 0 Å². The van der Waals surface area contributed by atoms with E-state index in [-0.39, 0.29) is 11.8 Å². The lowest BCUT2D eigenvalue weighted by Crippen LogP contribution is -2.39. The third-order valence-corrected chi connectivity index (χ3v) is 4.04. The molecule has 0 fully saturated rings. The summed E-state index contributed by atoms with van der Waals surface area (Å²) >= 11 is 0. The van der Waals surface area contributed by atoms with Gasteiger partial charge in [-0.05, 0) is 48.2 Å². The number of benzene rings is 2. The van der Waals surface area contributed by atoms with E-state index in [0.717, 1.165) is 18.7 Å². The van der Waals surface area contributed by atoms with Crippen LogP contribution >= 0.6 is 0 Å². The third kappa shape index (κ3) is 3.26. The number of nitrogens with zero attached hydrogens (tertiary/aromatic N) is 1. The van der Waals surface area contributed by atoms with Gasteiger partial charge >= 0.3 is 0 Å². The van der Waals surface area contributed by atoms with Crippen molar-refractivity contribution in [2.45, 2.75) is 20.3 Å². The molecule has 0 aromatic heterocycles. The van der Waals surface area contributed by atoms with Crippen LogP contribution in [0.5, 0.6) is 0 Å². The maximum absolute atomic E-state index is 12.9. The molecule has 1 heterocycles. The quantitative estimate of drug-likeness (QED) is 0.923. The molecule has 0 spiro atoms. The van der Waals surface area contributed by atoms with Crippen molar-refractivity contribution in [1.82, 2.24) is 0 Å². The number of anilines is 2. The molecule has 4 heteroatoms. The Balaban J connectivity index is 1.87. The highest BCUT2D eigenvalue weighted by Gasteiger charge is 2.26. The smallest absolute Gasteiger partial charge is 0.258 e. The van der Waals surface area contributed by atoms with Crippen LogP contribution < -0.4 is 10.2 Å². The van der Waals surface area contributed by atoms with Crippen molar-refractivity contribution < 1.29 is 9.59 Å². The number of carbonyl (C=O) groups is 2. The fourth-order valence-electron chi connectivity index (χ4n) is 3.04. The minimum Gasteiger partial charge on any atom is -0.326 e. The molecule has 0 aliphatic carbocycles. The summed E-state index contributed by atoms with van der Waals surface area (Å²) in [6.07, 6.45) is 1.00. The Bertz CT molecular complexity index is 737. The normalized spacial score (nSPS) is 16.6. The van der Waals surface area contributed by atoms with Gasteiger partial charge in [0.15, 0.2) is 0 Å². The van der Waals surface area contributed by atoms with Gasteiger partial charge in [0.25, 0.3) is 5.91 Å². The van der Waals surface area contributed by atoms with E-state index in [1.807, 2.05) is 23.1 Å². The van der Waals surface area contributed by atoms with Gasteiger partial charge in [-0.3, -0.25) is 9.59 Å². The molecule has 2 aromatic rings. The molecule has 1 atom stereocenters. The third-order valence-electron chi connectivity index (χ3n) is 4.04. The van der Waals surface area contributed by atoms with Crippen molar-refractivity contribution in [2.24, 2.45) is 5.92 Å². The van der Waals surface area contributed by atoms with Gasteiger partial charge in [0, 0.05) is 30.4 Å². The van der Waals surface area contributed by atoms with Gasteiger partial charge < -0.3 is 10.2 Å². The number of nitrogens with one attached hydrogen (secondary N) is 1. The molecule has 1 N–H and O–H groups in total. The molecule has 1 unspecified atom stereocenters. The lowest BCUT2D eigenvalue weighted by Gasteiger charge is -2.33. The maximum atomic E-state index is 12.9. The maximum Gasteiger partial charge on any atom is 0.258 e. The summed E-state index contributed by atoms with van der Waals surface area (Å²) in [5.74, 6) is 0.314. The van der Waals surface area contributed by atoms with Crippen LogP contribution in [0.25, 0.3) is 0 Å². The molecule has 118 valence electrons. The first kappa shape index (κ1) is 15.3. The van der Waals surface area contributed by atoms with E-state index in [4.69, 9.17) is 0 Å². The summed E-state index contributed by atoms with van der Waals surface area (Å²) in [5.41, 5.74) is 3.54. The number of hydrogen-bond acceptors (Lipinski definition) is 2. The molecule has 4 nitrogen and oxygen atoms in total. The van der Waals surface area contributed by atoms with E-state index >= 15 is 0 Å². The van der Waals surface area contributed by atoms with Gasteiger partial charge in [-0.15, -0.1) is 0 Å². The standard InChI is InChI=1S/C19H20N2O2/c1-13-11-16-5-3-4-6-18(16)21(12-13)19(23)15-7-9-17(10-8-15)20-14(2)22/h3-10,13H,11-12H2,1-2H3,(H,20,22). The molecule has 3 rings (SSSR count). The first-order valence-corrected chi connectivity index (χ1v) is 7.82. The predicted molar refractivity (Wildman–Crippen MR) is 91.7 cm³/mol. The average Bonchev–Trinajstić information content (AvgIpc) is 2.53. The highest BCUT2D eigenvalue weighted by molar-refractivity contribution is 6.07. The second kappa shape index (κ2) is 6.24. The van der Waals surface area contributed by atoms with Crippen LogP contribution in [0.15, 0.2) is 48.5 Å². The summed E-state index contributed by atoms with van der Waals surface area (Å²) in [6, 6.07) is 15.1. The second-order valence-electron chi connectivity index (χ2n) is 6.11. The van der Waals surface area contributed by atoms with Crippen LogP contribution in [-0.4, -0.2) is 18.4 Å². The van der Waals surface area contributed by atoms with Crippen LogP contribution in [0, 0.1) is 5.92 Å². The van der Waals surface area contributed by atoms with Crippen molar-refractivity contribution in [3.8, 4) is 0 Å². The van der Waals surface area contributed by atoms with Crippen molar-refractivity contribution in [1.29, 1.82) is 0 Å². The topological polar surface area (TPSA) is 49.4 Å². The molecule has 2 amide bonds. The first-order chi connectivity index (χ1) is 11.0. The summed E-state index contributed by atoms with van der Waals surface area (Å²) < 4.78 is 0. The summed E-state index contributed by atoms with van der Waals surface area (Å²) in [7, 11) is 0. The summed E-state index contributed by atoms with van der Waals surface area (Å²) in [5, 5.41) is 2.71. The van der Waals surface area contributed by atoms with Crippen LogP contribution in [0.2, 0.25) is 0 Å². The lowest BCUT2D eigenvalue weighted by atomic mass is 9.93. The number of hydrogen-bond donors (Lipinski definition) is 1. The van der Waals surface area contributed by atoms with Gasteiger partial charge in [0.2, 0.25) is 5.91 Å². The fourth-order valence-corrected chi connectivity index (χ4v) is 3.04. The second-order valence-corrected chi connectivity index (χ2v) is 6.11. The number of rotatable bonds is 2. The van der Waals surface area contributed by atoms with Crippen molar-refractivity contribution in [2.75, 3.05) is 16.8 Å². The fraction of sp³-hybridized carbons (Fsp3) is 0.263. The Morgan fingerprint density at radius 1 is 1.09 bits per heavy atom. The zero-order valence-corrected chi connectivity index (χ0v) is 13.4. The van der Waals surface area contributed by atoms with Gasteiger partial charge in [0.05, 0.1) is 0 Å². The Labute approximate surface area is 136 Å². The molecule has 0 saturated heterocycles. The largest absolute Gasteiger partial charge is 0.326 e. The zero-order valence-electron chi connectivity index (χ0n) is 13.4. The van der Waals surface area contributed by atoms with Crippen LogP contribution in [0.3, 0.4) is 0 Å². The van der Waals surface area contributed by atoms with E-state index in [1.54, 1.807) is 24.3 Å². The average molecular weight is 308 g/mol. The number of fused-ring (bicyclic) bond motifs is 1. The summed E-state index contributed by atoms with van der Waals surface area (Å²) in [6.45, 7) is 4.35. The Hall–Kier alpha value is -2.62. The Morgan fingerprint density at radius 3 is 2.48 bits per heavy atom. The predicted octanol–water partition coefficient (Wildman–Crippen LogP) is 3.48. The minimum absolute atomic E-state index is 0.00150. The number of para-hydroxylation sites is 1. The zero-order chi connectivity index (χ0) is 16.4. The highest BCUT2D eigenvalue weighted by Crippen LogP contribution is 2.30. The molecule has 0 radical (unpaired) electrons. The molecule has 1 aliphatic heterocycles. The minimum atomic E-state index is -0.122. The Kier molecular flexibility index (Phi) is 4.15. The van der Waals surface area contributed by atoms with Crippen LogP contribution in [0.1, 0.15) is 29.8 Å². The van der Waals surface area contributed by atoms with Crippen molar-refractivity contribution >= 4 is 23.2 Å². The Morgan fingerprint density at radius 2 is 1.78 bits per heavy atom. The molecule has 0 saturated carbocycles. The van der Waals surface area contributed by atoms with E-state index in [9.17, 15) is 9.59 Å². The molecular weight excluding hydrogens is 288 g/mol. The molecule has 1 aliphatic rings. The van der Waals surface area contributed by atoms with Gasteiger partial charge in [-0.2, -0.15) is 0 Å². The van der Waals surface area contributed by atoms with Crippen molar-refractivity contribution in [3.05, 3.63) is 59.7 Å². The highest BCUT2D eigenvalue weighted by atomic mass is 16.2. The van der Waals surface area contributed by atoms with Gasteiger partial charge in [-0.1, -0.05) is 25.1 Å². The lowest BCUT2D eigenvalue weighted by molar-refractivity contribution is -0.114. The number of carbonyl (C=O) groups excluding carboxylic acids is 2. The number of amides is 2. The monoisotopic (exact) mass is 308 g/mol. The van der Waals surface area contributed by atoms with Crippen LogP contribution in [0.4, 0.5) is 11.4 Å². The molecule has 0 bridgehead atoms. The van der Waals surface area contributed by atoms with Crippen LogP contribution in [-0.2, 0) is 11.2 Å². The van der Waals surface area contributed by atoms with E-state index in [1.165, 1.54) is 12.5 Å². The molecular formula is C19H20N2O2. The van der Waals surface area contributed by atoms with E-state index in [0.29, 0.717) is 17.2 Å². The van der Waals surface area contributed by atoms with E-state index < -0.39 is 0 Å². The molecule has 23 heavy (non-hydrogen) atoms. The van der Waals surface area contributed by atoms with Crippen molar-refractivity contribution in [3.63, 3.8) is 0 Å².